The van der Waals surface area contributed by atoms with Gasteiger partial charge < -0.3 is 9.84 Å². The molecule has 0 aliphatic heterocycles. The normalized spacial score (nSPS) is 10.9. The van der Waals surface area contributed by atoms with E-state index in [4.69, 9.17) is 4.52 Å². The molecule has 126 valence electrons. The first-order valence-electron chi connectivity index (χ1n) is 7.18. The van der Waals surface area contributed by atoms with Gasteiger partial charge in [-0.1, -0.05) is 11.2 Å². The summed E-state index contributed by atoms with van der Waals surface area (Å²) in [7, 11) is 0. The molecule has 3 rings (SSSR count). The van der Waals surface area contributed by atoms with Crippen molar-refractivity contribution in [2.45, 2.75) is 6.54 Å². The maximum absolute atomic E-state index is 11.8. The predicted molar refractivity (Wildman–Crippen MR) is 91.6 cm³/mol. The summed E-state index contributed by atoms with van der Waals surface area (Å²) in [6.07, 6.45) is 2.89. The molecule has 0 unspecified atom stereocenters. The third kappa shape index (κ3) is 4.36. The van der Waals surface area contributed by atoms with Gasteiger partial charge in [0, 0.05) is 18.2 Å². The standard InChI is InChI=1S/C16H12N4O4S/c21-14(8-5-11-3-6-12(7-4-11)20(22)23)17-10-15-18-16(19-24-15)13-2-1-9-25-13/h1-9H,10H2,(H,17,21)/b8-5+. The van der Waals surface area contributed by atoms with E-state index in [0.29, 0.717) is 17.3 Å². The number of hydrogen-bond donors (Lipinski definition) is 1. The van der Waals surface area contributed by atoms with Gasteiger partial charge >= 0.3 is 0 Å². The SMILES string of the molecule is O=C(/C=C/c1ccc([N+](=O)[O-])cc1)NCc1nc(-c2cccs2)no1. The molecule has 8 nitrogen and oxygen atoms in total. The Balaban J connectivity index is 1.53. The number of aromatic nitrogens is 2. The number of benzene rings is 1. The highest BCUT2D eigenvalue weighted by molar-refractivity contribution is 7.13. The van der Waals surface area contributed by atoms with Crippen molar-refractivity contribution in [1.82, 2.24) is 15.5 Å². The van der Waals surface area contributed by atoms with E-state index in [9.17, 15) is 14.9 Å². The van der Waals surface area contributed by atoms with Crippen LogP contribution in [0.25, 0.3) is 16.8 Å². The number of amides is 1. The van der Waals surface area contributed by atoms with Crippen LogP contribution >= 0.6 is 11.3 Å². The molecule has 0 saturated carbocycles. The van der Waals surface area contributed by atoms with Crippen LogP contribution < -0.4 is 5.32 Å². The molecule has 0 atom stereocenters. The minimum absolute atomic E-state index is 0.000426. The van der Waals surface area contributed by atoms with Crippen molar-refractivity contribution in [3.8, 4) is 10.7 Å². The maximum Gasteiger partial charge on any atom is 0.269 e. The smallest absolute Gasteiger partial charge is 0.269 e. The Morgan fingerprint density at radius 2 is 2.12 bits per heavy atom. The van der Waals surface area contributed by atoms with Crippen LogP contribution in [0, 0.1) is 10.1 Å². The fraction of sp³-hybridized carbons (Fsp3) is 0.0625. The topological polar surface area (TPSA) is 111 Å². The lowest BCUT2D eigenvalue weighted by Crippen LogP contribution is -2.20. The average Bonchev–Trinajstić information content (AvgIpc) is 3.29. The molecule has 0 bridgehead atoms. The Bertz CT molecular complexity index is 901. The number of non-ortho nitro benzene ring substituents is 1. The monoisotopic (exact) mass is 356 g/mol. The highest BCUT2D eigenvalue weighted by atomic mass is 32.1. The molecular formula is C16H12N4O4S. The first kappa shape index (κ1) is 16.5. The highest BCUT2D eigenvalue weighted by Gasteiger charge is 2.09. The number of rotatable bonds is 6. The average molecular weight is 356 g/mol. The van der Waals surface area contributed by atoms with E-state index in [2.05, 4.69) is 15.5 Å². The molecule has 1 amide bonds. The van der Waals surface area contributed by atoms with Crippen LogP contribution in [-0.4, -0.2) is 21.0 Å². The number of nitro benzene ring substituents is 1. The molecule has 9 heteroatoms. The summed E-state index contributed by atoms with van der Waals surface area (Å²) in [5.41, 5.74) is 0.679. The first-order valence-corrected chi connectivity index (χ1v) is 8.06. The molecule has 0 spiro atoms. The molecule has 2 heterocycles. The third-order valence-electron chi connectivity index (χ3n) is 3.15. The van der Waals surface area contributed by atoms with Crippen LogP contribution in [0.4, 0.5) is 5.69 Å². The van der Waals surface area contributed by atoms with Gasteiger partial charge in [0.2, 0.25) is 17.6 Å². The first-order chi connectivity index (χ1) is 12.1. The number of carbonyl (C=O) groups is 1. The van der Waals surface area contributed by atoms with Gasteiger partial charge in [0.05, 0.1) is 16.3 Å². The summed E-state index contributed by atoms with van der Waals surface area (Å²) in [6, 6.07) is 9.65. The fourth-order valence-electron chi connectivity index (χ4n) is 1.93. The second-order valence-electron chi connectivity index (χ2n) is 4.89. The van der Waals surface area contributed by atoms with E-state index < -0.39 is 4.92 Å². The van der Waals surface area contributed by atoms with E-state index in [1.165, 1.54) is 29.5 Å². The van der Waals surface area contributed by atoms with Crippen molar-refractivity contribution >= 4 is 29.0 Å². The number of nitrogens with one attached hydrogen (secondary N) is 1. The van der Waals surface area contributed by atoms with E-state index in [1.54, 1.807) is 18.2 Å². The Morgan fingerprint density at radius 1 is 1.32 bits per heavy atom. The van der Waals surface area contributed by atoms with Crippen LogP contribution in [0.2, 0.25) is 0 Å². The lowest BCUT2D eigenvalue weighted by atomic mass is 10.2. The van der Waals surface area contributed by atoms with Crippen molar-refractivity contribution in [3.05, 3.63) is 69.4 Å². The van der Waals surface area contributed by atoms with Gasteiger partial charge in [0.15, 0.2) is 0 Å². The van der Waals surface area contributed by atoms with Crippen LogP contribution in [0.3, 0.4) is 0 Å². The molecular weight excluding hydrogens is 344 g/mol. The zero-order valence-electron chi connectivity index (χ0n) is 12.8. The molecule has 0 radical (unpaired) electrons. The van der Waals surface area contributed by atoms with Gasteiger partial charge in [0.25, 0.3) is 5.69 Å². The Hall–Kier alpha value is -3.33. The number of hydrogen-bond acceptors (Lipinski definition) is 7. The summed E-state index contributed by atoms with van der Waals surface area (Å²) in [4.78, 5) is 27.0. The summed E-state index contributed by atoms with van der Waals surface area (Å²) >= 11 is 1.50. The second kappa shape index (κ2) is 7.49. The van der Waals surface area contributed by atoms with Crippen LogP contribution in [0.1, 0.15) is 11.5 Å². The number of nitrogens with zero attached hydrogens (tertiary/aromatic N) is 3. The quantitative estimate of drug-likeness (QED) is 0.413. The summed E-state index contributed by atoms with van der Waals surface area (Å²) in [6.45, 7) is 0.113. The Kier molecular flexibility index (Phi) is 4.95. The summed E-state index contributed by atoms with van der Waals surface area (Å²) < 4.78 is 5.08. The van der Waals surface area contributed by atoms with E-state index in [1.807, 2.05) is 17.5 Å². The third-order valence-corrected chi connectivity index (χ3v) is 4.02. The molecule has 3 aromatic rings. The van der Waals surface area contributed by atoms with Crippen LogP contribution in [-0.2, 0) is 11.3 Å². The molecule has 25 heavy (non-hydrogen) atoms. The van der Waals surface area contributed by atoms with Crippen molar-refractivity contribution < 1.29 is 14.2 Å². The molecule has 1 N–H and O–H groups in total. The number of carbonyl (C=O) groups excluding carboxylic acids is 1. The summed E-state index contributed by atoms with van der Waals surface area (Å²) in [5.74, 6) is 0.454. The molecule has 2 aromatic heterocycles. The largest absolute Gasteiger partial charge is 0.343 e. The molecule has 0 saturated heterocycles. The second-order valence-corrected chi connectivity index (χ2v) is 5.84. The molecule has 0 aliphatic carbocycles. The van der Waals surface area contributed by atoms with Crippen molar-refractivity contribution in [1.29, 1.82) is 0 Å². The lowest BCUT2D eigenvalue weighted by molar-refractivity contribution is -0.384. The highest BCUT2D eigenvalue weighted by Crippen LogP contribution is 2.21. The zero-order valence-corrected chi connectivity index (χ0v) is 13.6. The number of thiophene rings is 1. The maximum atomic E-state index is 11.8. The molecule has 0 aliphatic rings. The van der Waals surface area contributed by atoms with E-state index in [0.717, 1.165) is 4.88 Å². The Labute approximate surface area is 146 Å². The molecule has 1 aromatic carbocycles. The van der Waals surface area contributed by atoms with Gasteiger partial charge in [-0.3, -0.25) is 14.9 Å². The fourth-order valence-corrected chi connectivity index (χ4v) is 2.58. The van der Waals surface area contributed by atoms with Gasteiger partial charge in [0.1, 0.15) is 0 Å². The number of nitro groups is 1. The minimum Gasteiger partial charge on any atom is -0.343 e. The van der Waals surface area contributed by atoms with Crippen LogP contribution in [0.5, 0.6) is 0 Å². The predicted octanol–water partition coefficient (Wildman–Crippen LogP) is 3.04. The van der Waals surface area contributed by atoms with Gasteiger partial charge in [-0.2, -0.15) is 4.98 Å². The van der Waals surface area contributed by atoms with Gasteiger partial charge in [-0.25, -0.2) is 0 Å². The minimum atomic E-state index is -0.477. The summed E-state index contributed by atoms with van der Waals surface area (Å²) in [5, 5.41) is 19.0. The van der Waals surface area contributed by atoms with Crippen LogP contribution in [0.15, 0.2) is 52.4 Å². The van der Waals surface area contributed by atoms with Gasteiger partial charge in [-0.15, -0.1) is 11.3 Å². The zero-order chi connectivity index (χ0) is 17.6. The van der Waals surface area contributed by atoms with Crippen molar-refractivity contribution in [2.75, 3.05) is 0 Å². The van der Waals surface area contributed by atoms with E-state index >= 15 is 0 Å². The lowest BCUT2D eigenvalue weighted by Gasteiger charge is -1.97. The van der Waals surface area contributed by atoms with Gasteiger partial charge in [-0.05, 0) is 35.2 Å². The molecule has 0 fully saturated rings. The van der Waals surface area contributed by atoms with Crippen molar-refractivity contribution in [2.24, 2.45) is 0 Å². The van der Waals surface area contributed by atoms with Crippen molar-refractivity contribution in [3.63, 3.8) is 0 Å². The Morgan fingerprint density at radius 3 is 2.80 bits per heavy atom. The van der Waals surface area contributed by atoms with E-state index in [-0.39, 0.29) is 18.1 Å².